The molecular formula is C35H35ClF3N9O2. The van der Waals surface area contributed by atoms with E-state index in [0.717, 1.165) is 44.0 Å². The fourth-order valence-corrected chi connectivity index (χ4v) is 8.73. The summed E-state index contributed by atoms with van der Waals surface area (Å²) in [7, 11) is 0. The van der Waals surface area contributed by atoms with E-state index in [4.69, 9.17) is 36.8 Å². The lowest BCUT2D eigenvalue weighted by Gasteiger charge is -2.35. The molecule has 5 aromatic rings. The van der Waals surface area contributed by atoms with Gasteiger partial charge in [0.1, 0.15) is 53.4 Å². The highest BCUT2D eigenvalue weighted by atomic mass is 35.5. The van der Waals surface area contributed by atoms with Gasteiger partial charge in [0.2, 0.25) is 5.88 Å². The van der Waals surface area contributed by atoms with Gasteiger partial charge in [-0.1, -0.05) is 11.6 Å². The normalized spacial score (nSPS) is 24.1. The predicted molar refractivity (Wildman–Crippen MR) is 182 cm³/mol. The Hall–Kier alpha value is -4.43. The van der Waals surface area contributed by atoms with Gasteiger partial charge in [-0.3, -0.25) is 10.00 Å². The van der Waals surface area contributed by atoms with Crippen molar-refractivity contribution in [1.29, 1.82) is 0 Å². The molecule has 50 heavy (non-hydrogen) atoms. The van der Waals surface area contributed by atoms with Crippen molar-refractivity contribution in [3.63, 3.8) is 0 Å². The number of aromatic amines is 1. The molecule has 3 fully saturated rings. The van der Waals surface area contributed by atoms with E-state index in [1.165, 1.54) is 6.07 Å². The van der Waals surface area contributed by atoms with Gasteiger partial charge in [0.25, 0.3) is 0 Å². The lowest BCUT2D eigenvalue weighted by atomic mass is 9.95. The standard InChI is InChI=1S/C35H35ClF3N9O2/c1-16-14-49-33-27-30(28(39)29(43-33)26-22-12-42-46-24(22)9-23(36)25(26)18-4-5-18)44-34(50-15-35-6-3-7-47(35)13-20(38)10-35)45-32(27)48(16)17(2)21-8-19(37)11-41-31(21)40/h8-9,11-12,16-18,20H,3-7,10,13-15H2,1-2H3,(H2,40,41)(H,42,46)/t16-,17?,20?,35-/m0/s1. The van der Waals surface area contributed by atoms with E-state index in [9.17, 15) is 8.78 Å². The van der Waals surface area contributed by atoms with Gasteiger partial charge in [0.05, 0.1) is 35.5 Å². The number of nitrogens with zero attached hydrogens (tertiary/aromatic N) is 7. The topological polar surface area (TPSA) is 131 Å². The highest BCUT2D eigenvalue weighted by molar-refractivity contribution is 6.33. The van der Waals surface area contributed by atoms with Crippen LogP contribution in [0.25, 0.3) is 33.1 Å². The van der Waals surface area contributed by atoms with Crippen LogP contribution in [0.5, 0.6) is 11.9 Å². The van der Waals surface area contributed by atoms with Crippen molar-refractivity contribution in [3.05, 3.63) is 52.3 Å². The number of pyridine rings is 2. The average Bonchev–Trinajstić information content (AvgIpc) is 3.60. The third kappa shape index (κ3) is 4.93. The molecule has 9 rings (SSSR count). The summed E-state index contributed by atoms with van der Waals surface area (Å²) < 4.78 is 59.3. The summed E-state index contributed by atoms with van der Waals surface area (Å²) in [5, 5.41) is 8.59. The minimum atomic E-state index is -0.951. The van der Waals surface area contributed by atoms with Crippen molar-refractivity contribution in [2.75, 3.05) is 36.9 Å². The molecule has 7 heterocycles. The van der Waals surface area contributed by atoms with Gasteiger partial charge < -0.3 is 20.1 Å². The Morgan fingerprint density at radius 1 is 1.20 bits per heavy atom. The summed E-state index contributed by atoms with van der Waals surface area (Å²) >= 11 is 6.84. The number of alkyl halides is 1. The molecule has 0 bridgehead atoms. The number of hydrogen-bond acceptors (Lipinski definition) is 10. The van der Waals surface area contributed by atoms with Crippen LogP contribution >= 0.6 is 11.6 Å². The van der Waals surface area contributed by atoms with Crippen LogP contribution in [0, 0.1) is 11.6 Å². The predicted octanol–water partition coefficient (Wildman–Crippen LogP) is 6.66. The number of anilines is 2. The van der Waals surface area contributed by atoms with Crippen LogP contribution in [0.4, 0.5) is 24.8 Å². The maximum absolute atomic E-state index is 17.4. The van der Waals surface area contributed by atoms with Crippen LogP contribution in [0.3, 0.4) is 0 Å². The van der Waals surface area contributed by atoms with Crippen molar-refractivity contribution in [1.82, 2.24) is 35.0 Å². The maximum Gasteiger partial charge on any atom is 0.319 e. The van der Waals surface area contributed by atoms with E-state index < -0.39 is 29.4 Å². The number of nitrogens with two attached hydrogens (primary N) is 1. The average molecular weight is 706 g/mol. The van der Waals surface area contributed by atoms with Crippen molar-refractivity contribution in [2.24, 2.45) is 0 Å². The number of nitrogens with one attached hydrogen (secondary N) is 1. The SMILES string of the molecule is CC(c1cc(F)cnc1N)N1c2nc(OC[C@@]34CCCN3CC(F)C4)nc3c(F)c(-c4c(C5CC5)c(Cl)cc5[nH]ncc45)nc(c23)OC[C@@H]1C. The number of halogens is 4. The van der Waals surface area contributed by atoms with Gasteiger partial charge in [-0.15, -0.1) is 0 Å². The third-order valence-corrected chi connectivity index (χ3v) is 11.2. The Morgan fingerprint density at radius 2 is 2.04 bits per heavy atom. The number of rotatable bonds is 7. The molecule has 1 aliphatic carbocycles. The fourth-order valence-electron chi connectivity index (χ4n) is 8.38. The summed E-state index contributed by atoms with van der Waals surface area (Å²) in [6, 6.07) is 2.11. The second-order valence-corrected chi connectivity index (χ2v) is 14.5. The Balaban J connectivity index is 1.26. The smallest absolute Gasteiger partial charge is 0.319 e. The summed E-state index contributed by atoms with van der Waals surface area (Å²) in [5.74, 6) is -0.521. The second kappa shape index (κ2) is 11.6. The molecule has 0 radical (unpaired) electrons. The highest BCUT2D eigenvalue weighted by Crippen LogP contribution is 2.52. The second-order valence-electron chi connectivity index (χ2n) is 14.1. The Morgan fingerprint density at radius 3 is 2.86 bits per heavy atom. The monoisotopic (exact) mass is 705 g/mol. The van der Waals surface area contributed by atoms with Crippen LogP contribution in [-0.4, -0.2) is 79.1 Å². The van der Waals surface area contributed by atoms with E-state index in [-0.39, 0.29) is 65.3 Å². The number of ether oxygens (including phenoxy) is 2. The Labute approximate surface area is 290 Å². The van der Waals surface area contributed by atoms with Gasteiger partial charge in [-0.2, -0.15) is 15.1 Å². The molecular weight excluding hydrogens is 671 g/mol. The number of benzene rings is 1. The molecule has 3 N–H and O–H groups in total. The fraction of sp³-hybridized carbons (Fsp3) is 0.457. The summed E-state index contributed by atoms with van der Waals surface area (Å²) in [6.07, 6.45) is 5.64. The quantitative estimate of drug-likeness (QED) is 0.190. The third-order valence-electron chi connectivity index (χ3n) is 10.9. The van der Waals surface area contributed by atoms with E-state index in [1.54, 1.807) is 6.20 Å². The summed E-state index contributed by atoms with van der Waals surface area (Å²) in [5.41, 5.74) is 8.15. The first-order chi connectivity index (χ1) is 24.1. The summed E-state index contributed by atoms with van der Waals surface area (Å²) in [4.78, 5) is 22.4. The zero-order valence-electron chi connectivity index (χ0n) is 27.5. The van der Waals surface area contributed by atoms with Gasteiger partial charge in [-0.05, 0) is 69.7 Å². The lowest BCUT2D eigenvalue weighted by molar-refractivity contribution is 0.107. The minimum absolute atomic E-state index is 0.0308. The first-order valence-corrected chi connectivity index (χ1v) is 17.4. The van der Waals surface area contributed by atoms with Crippen molar-refractivity contribution >= 4 is 45.0 Å². The van der Waals surface area contributed by atoms with E-state index >= 15 is 4.39 Å². The first-order valence-electron chi connectivity index (χ1n) is 17.0. The van der Waals surface area contributed by atoms with Crippen LogP contribution < -0.4 is 20.1 Å². The van der Waals surface area contributed by atoms with Crippen LogP contribution in [0.2, 0.25) is 5.02 Å². The zero-order chi connectivity index (χ0) is 34.5. The van der Waals surface area contributed by atoms with Gasteiger partial charge in [-0.25, -0.2) is 23.1 Å². The minimum Gasteiger partial charge on any atom is -0.475 e. The van der Waals surface area contributed by atoms with Gasteiger partial charge in [0, 0.05) is 34.5 Å². The van der Waals surface area contributed by atoms with Gasteiger partial charge >= 0.3 is 6.01 Å². The van der Waals surface area contributed by atoms with E-state index in [2.05, 4.69) is 25.1 Å². The number of H-pyrrole nitrogens is 1. The van der Waals surface area contributed by atoms with Crippen molar-refractivity contribution in [2.45, 2.75) is 75.7 Å². The molecule has 0 amide bonds. The molecule has 15 heteroatoms. The van der Waals surface area contributed by atoms with Crippen LogP contribution in [0.15, 0.2) is 24.5 Å². The largest absolute Gasteiger partial charge is 0.475 e. The summed E-state index contributed by atoms with van der Waals surface area (Å²) in [6.45, 7) is 5.19. The molecule has 1 aromatic carbocycles. The Bertz CT molecular complexity index is 2180. The molecule has 0 spiro atoms. The molecule has 260 valence electrons. The van der Waals surface area contributed by atoms with Crippen molar-refractivity contribution in [3.8, 4) is 23.1 Å². The van der Waals surface area contributed by atoms with Gasteiger partial charge in [0.15, 0.2) is 5.82 Å². The van der Waals surface area contributed by atoms with E-state index in [0.29, 0.717) is 40.0 Å². The molecule has 2 saturated heterocycles. The number of aromatic nitrogens is 6. The number of nitrogen functional groups attached to an aromatic ring is 1. The van der Waals surface area contributed by atoms with E-state index in [1.807, 2.05) is 24.8 Å². The molecule has 11 nitrogen and oxygen atoms in total. The first kappa shape index (κ1) is 31.5. The molecule has 4 aromatic heterocycles. The van der Waals surface area contributed by atoms with Crippen molar-refractivity contribution < 1.29 is 22.6 Å². The number of hydrogen-bond donors (Lipinski definition) is 2. The molecule has 2 unspecified atom stereocenters. The molecule has 4 atom stereocenters. The Kier molecular flexibility index (Phi) is 7.29. The molecule has 4 aliphatic rings. The zero-order valence-corrected chi connectivity index (χ0v) is 28.3. The highest BCUT2D eigenvalue weighted by Gasteiger charge is 2.49. The molecule has 3 aliphatic heterocycles. The molecule has 1 saturated carbocycles. The van der Waals surface area contributed by atoms with Crippen LogP contribution in [0.1, 0.15) is 69.0 Å². The lowest BCUT2D eigenvalue weighted by Crippen LogP contribution is -2.43. The maximum atomic E-state index is 17.4. The van der Waals surface area contributed by atoms with Crippen LogP contribution in [-0.2, 0) is 0 Å². The number of fused-ring (bicyclic) bond motifs is 2.